The monoisotopic (exact) mass is 421 g/mol. The SMILES string of the molecule is CC1(C)O[C@@H]2[C@@H](CO)C[C@@H](n3cnc4c(N[C@H]5CCc6ccccc65)ncnc43)[C@@H]2O1. The van der Waals surface area contributed by atoms with Crippen LogP contribution in [0.15, 0.2) is 36.9 Å². The molecular formula is C23H27N5O3. The molecule has 2 N–H and O–H groups in total. The summed E-state index contributed by atoms with van der Waals surface area (Å²) in [7, 11) is 0. The van der Waals surface area contributed by atoms with E-state index in [1.54, 1.807) is 6.33 Å². The van der Waals surface area contributed by atoms with Crippen molar-refractivity contribution in [3.8, 4) is 0 Å². The molecule has 3 aromatic rings. The van der Waals surface area contributed by atoms with E-state index >= 15 is 0 Å². The summed E-state index contributed by atoms with van der Waals surface area (Å²) in [5, 5.41) is 13.5. The van der Waals surface area contributed by atoms with Crippen LogP contribution in [0.1, 0.15) is 49.9 Å². The van der Waals surface area contributed by atoms with Crippen molar-refractivity contribution >= 4 is 17.0 Å². The average molecular weight is 422 g/mol. The van der Waals surface area contributed by atoms with Crippen LogP contribution in [0.25, 0.3) is 11.2 Å². The summed E-state index contributed by atoms with van der Waals surface area (Å²) in [6, 6.07) is 8.79. The molecule has 6 rings (SSSR count). The number of imidazole rings is 1. The molecule has 1 saturated carbocycles. The minimum absolute atomic E-state index is 0.00359. The van der Waals surface area contributed by atoms with Crippen molar-refractivity contribution in [1.29, 1.82) is 0 Å². The Morgan fingerprint density at radius 2 is 2.00 bits per heavy atom. The lowest BCUT2D eigenvalue weighted by molar-refractivity contribution is -0.161. The number of hydrogen-bond donors (Lipinski definition) is 2. The maximum Gasteiger partial charge on any atom is 0.165 e. The van der Waals surface area contributed by atoms with Gasteiger partial charge in [-0.15, -0.1) is 0 Å². The van der Waals surface area contributed by atoms with E-state index in [4.69, 9.17) is 9.47 Å². The van der Waals surface area contributed by atoms with Crippen molar-refractivity contribution in [3.63, 3.8) is 0 Å². The fourth-order valence-electron chi connectivity index (χ4n) is 5.58. The fraction of sp³-hybridized carbons (Fsp3) is 0.522. The molecule has 162 valence electrons. The molecule has 0 spiro atoms. The first-order chi connectivity index (χ1) is 15.0. The molecule has 0 radical (unpaired) electrons. The highest BCUT2D eigenvalue weighted by Crippen LogP contribution is 2.47. The number of anilines is 1. The normalized spacial score (nSPS) is 31.1. The van der Waals surface area contributed by atoms with Gasteiger partial charge in [0.2, 0.25) is 0 Å². The molecule has 3 aliphatic rings. The van der Waals surface area contributed by atoms with Crippen LogP contribution in [0.4, 0.5) is 5.82 Å². The standard InChI is InChI=1S/C23H27N5O3/c1-23(2)30-19-14(10-29)9-17(20(19)31-23)28-12-26-18-21(24-11-25-22(18)28)27-16-8-7-13-5-3-4-6-15(13)16/h3-6,11-12,14,16-17,19-20,29H,7-10H2,1-2H3,(H,24,25,27)/t14-,16+,17-,19-,20+/m1/s1. The molecule has 2 aromatic heterocycles. The van der Waals surface area contributed by atoms with E-state index in [2.05, 4.69) is 49.1 Å². The zero-order valence-electron chi connectivity index (χ0n) is 17.7. The van der Waals surface area contributed by atoms with Gasteiger partial charge < -0.3 is 24.5 Å². The van der Waals surface area contributed by atoms with Crippen LogP contribution in [0.2, 0.25) is 0 Å². The smallest absolute Gasteiger partial charge is 0.165 e. The van der Waals surface area contributed by atoms with E-state index < -0.39 is 5.79 Å². The van der Waals surface area contributed by atoms with Gasteiger partial charge in [0.05, 0.1) is 24.5 Å². The maximum absolute atomic E-state index is 9.90. The number of fused-ring (bicyclic) bond motifs is 3. The zero-order valence-corrected chi connectivity index (χ0v) is 17.7. The average Bonchev–Trinajstić information content (AvgIpc) is 3.50. The molecule has 8 nitrogen and oxygen atoms in total. The molecule has 2 aliphatic carbocycles. The number of nitrogens with zero attached hydrogens (tertiary/aromatic N) is 4. The summed E-state index contributed by atoms with van der Waals surface area (Å²) in [6.07, 6.45) is 6.01. The van der Waals surface area contributed by atoms with Crippen LogP contribution in [0, 0.1) is 5.92 Å². The molecule has 0 amide bonds. The first-order valence-corrected chi connectivity index (χ1v) is 11.0. The highest BCUT2D eigenvalue weighted by Gasteiger charge is 2.54. The van der Waals surface area contributed by atoms with Crippen LogP contribution in [0.5, 0.6) is 0 Å². The van der Waals surface area contributed by atoms with Crippen molar-refractivity contribution in [1.82, 2.24) is 19.5 Å². The van der Waals surface area contributed by atoms with E-state index in [-0.39, 0.29) is 36.8 Å². The Labute approximate surface area is 180 Å². The number of rotatable bonds is 4. The van der Waals surface area contributed by atoms with Crippen molar-refractivity contribution in [2.75, 3.05) is 11.9 Å². The Hall–Kier alpha value is -2.55. The lowest BCUT2D eigenvalue weighted by atomic mass is 10.1. The molecule has 5 atom stereocenters. The number of aliphatic hydroxyl groups is 1. The molecule has 31 heavy (non-hydrogen) atoms. The second-order valence-electron chi connectivity index (χ2n) is 9.29. The van der Waals surface area contributed by atoms with Gasteiger partial charge in [-0.1, -0.05) is 24.3 Å². The fourth-order valence-corrected chi connectivity index (χ4v) is 5.58. The van der Waals surface area contributed by atoms with Crippen molar-refractivity contribution in [2.24, 2.45) is 5.92 Å². The number of hydrogen-bond acceptors (Lipinski definition) is 7. The Morgan fingerprint density at radius 3 is 2.87 bits per heavy atom. The predicted octanol–water partition coefficient (Wildman–Crippen LogP) is 3.00. The van der Waals surface area contributed by atoms with Gasteiger partial charge in [-0.05, 0) is 44.2 Å². The molecule has 0 bridgehead atoms. The van der Waals surface area contributed by atoms with Gasteiger partial charge in [0.15, 0.2) is 17.3 Å². The quantitative estimate of drug-likeness (QED) is 0.669. The summed E-state index contributed by atoms with van der Waals surface area (Å²) in [5.41, 5.74) is 4.26. The third-order valence-corrected chi connectivity index (χ3v) is 6.95. The first-order valence-electron chi connectivity index (χ1n) is 11.0. The minimum atomic E-state index is -0.657. The number of aromatic nitrogens is 4. The summed E-state index contributed by atoms with van der Waals surface area (Å²) in [5.74, 6) is 0.126. The van der Waals surface area contributed by atoms with Gasteiger partial charge >= 0.3 is 0 Å². The molecule has 3 heterocycles. The summed E-state index contributed by atoms with van der Waals surface area (Å²) in [6.45, 7) is 3.92. The van der Waals surface area contributed by atoms with Crippen LogP contribution in [0.3, 0.4) is 0 Å². The summed E-state index contributed by atoms with van der Waals surface area (Å²) < 4.78 is 14.4. The number of ether oxygens (including phenoxy) is 2. The van der Waals surface area contributed by atoms with Gasteiger partial charge in [-0.25, -0.2) is 15.0 Å². The zero-order chi connectivity index (χ0) is 21.2. The Balaban J connectivity index is 1.33. The number of benzene rings is 1. The third kappa shape index (κ3) is 3.04. The highest BCUT2D eigenvalue weighted by molar-refractivity contribution is 5.83. The molecule has 2 fully saturated rings. The molecule has 8 heteroatoms. The Morgan fingerprint density at radius 1 is 1.16 bits per heavy atom. The van der Waals surface area contributed by atoms with Crippen molar-refractivity contribution in [2.45, 2.75) is 63.2 Å². The van der Waals surface area contributed by atoms with Crippen LogP contribution >= 0.6 is 0 Å². The predicted molar refractivity (Wildman–Crippen MR) is 115 cm³/mol. The number of aliphatic hydroxyl groups excluding tert-OH is 1. The van der Waals surface area contributed by atoms with Crippen molar-refractivity contribution < 1.29 is 14.6 Å². The first kappa shape index (κ1) is 19.2. The van der Waals surface area contributed by atoms with E-state index in [9.17, 15) is 5.11 Å². The second kappa shape index (κ2) is 6.98. The lowest BCUT2D eigenvalue weighted by Gasteiger charge is -2.23. The maximum atomic E-state index is 9.90. The Bertz CT molecular complexity index is 1130. The largest absolute Gasteiger partial charge is 0.396 e. The summed E-state index contributed by atoms with van der Waals surface area (Å²) in [4.78, 5) is 13.7. The second-order valence-corrected chi connectivity index (χ2v) is 9.29. The van der Waals surface area contributed by atoms with Crippen LogP contribution in [-0.4, -0.2) is 49.2 Å². The number of aryl methyl sites for hydroxylation is 1. The third-order valence-electron chi connectivity index (χ3n) is 6.95. The van der Waals surface area contributed by atoms with Crippen LogP contribution in [-0.2, 0) is 15.9 Å². The van der Waals surface area contributed by atoms with Gasteiger partial charge in [0.25, 0.3) is 0 Å². The molecular weight excluding hydrogens is 394 g/mol. The van der Waals surface area contributed by atoms with Gasteiger partial charge in [0, 0.05) is 12.5 Å². The lowest BCUT2D eigenvalue weighted by Crippen LogP contribution is -2.27. The van der Waals surface area contributed by atoms with Gasteiger partial charge in [-0.3, -0.25) is 0 Å². The van der Waals surface area contributed by atoms with E-state index in [0.29, 0.717) is 0 Å². The number of nitrogens with one attached hydrogen (secondary N) is 1. The van der Waals surface area contributed by atoms with Gasteiger partial charge in [0.1, 0.15) is 17.9 Å². The molecule has 1 aromatic carbocycles. The molecule has 1 saturated heterocycles. The topological polar surface area (TPSA) is 94.3 Å². The molecule has 1 aliphatic heterocycles. The molecule has 0 unspecified atom stereocenters. The van der Waals surface area contributed by atoms with E-state index in [1.807, 2.05) is 20.2 Å². The van der Waals surface area contributed by atoms with E-state index in [1.165, 1.54) is 11.1 Å². The highest BCUT2D eigenvalue weighted by atomic mass is 16.8. The minimum Gasteiger partial charge on any atom is -0.396 e. The van der Waals surface area contributed by atoms with Crippen LogP contribution < -0.4 is 5.32 Å². The van der Waals surface area contributed by atoms with E-state index in [0.717, 1.165) is 36.2 Å². The summed E-state index contributed by atoms with van der Waals surface area (Å²) >= 11 is 0. The Kier molecular flexibility index (Phi) is 4.31. The van der Waals surface area contributed by atoms with Gasteiger partial charge in [-0.2, -0.15) is 0 Å². The van der Waals surface area contributed by atoms with Crippen molar-refractivity contribution in [3.05, 3.63) is 48.0 Å².